The molecule has 1 rings (SSSR count). The maximum absolute atomic E-state index is 12.7. The number of sulfone groups is 1. The smallest absolute Gasteiger partial charge is 0.227 e. The molecule has 0 spiro atoms. The summed E-state index contributed by atoms with van der Waals surface area (Å²) in [6.07, 6.45) is 1.50. The number of amides is 1. The van der Waals surface area contributed by atoms with Crippen molar-refractivity contribution in [3.63, 3.8) is 0 Å². The second-order valence-electron chi connectivity index (χ2n) is 6.89. The third kappa shape index (κ3) is 5.44. The van der Waals surface area contributed by atoms with E-state index in [-0.39, 0.29) is 18.2 Å². The molecule has 22 heavy (non-hydrogen) atoms. The molecule has 0 aliphatic carbocycles. The minimum absolute atomic E-state index is 0.0111. The number of carbonyl (C=O) groups is 1. The van der Waals surface area contributed by atoms with E-state index in [1.807, 2.05) is 52.8 Å². The van der Waals surface area contributed by atoms with E-state index in [0.29, 0.717) is 6.42 Å². The Labute approximate surface area is 134 Å². The van der Waals surface area contributed by atoms with Gasteiger partial charge in [0.25, 0.3) is 0 Å². The van der Waals surface area contributed by atoms with Crippen molar-refractivity contribution < 1.29 is 13.2 Å². The first-order chi connectivity index (χ1) is 9.92. The molecule has 0 bridgehead atoms. The van der Waals surface area contributed by atoms with Crippen molar-refractivity contribution >= 4 is 15.7 Å². The summed E-state index contributed by atoms with van der Waals surface area (Å²) < 4.78 is 22.8. The first-order valence-electron chi connectivity index (χ1n) is 7.45. The molecule has 1 amide bonds. The molecule has 0 atom stereocenters. The number of hydrogen-bond acceptors (Lipinski definition) is 3. The van der Waals surface area contributed by atoms with Gasteiger partial charge >= 0.3 is 0 Å². The van der Waals surface area contributed by atoms with E-state index in [1.165, 1.54) is 6.26 Å². The molecule has 0 N–H and O–H groups in total. The Bertz CT molecular complexity index is 622. The summed E-state index contributed by atoms with van der Waals surface area (Å²) in [6.45, 7) is 10.0. The predicted molar refractivity (Wildman–Crippen MR) is 90.8 cm³/mol. The molecule has 0 unspecified atom stereocenters. The van der Waals surface area contributed by atoms with Gasteiger partial charge in [-0.15, -0.1) is 0 Å². The summed E-state index contributed by atoms with van der Waals surface area (Å²) in [5, 5.41) is 0. The summed E-state index contributed by atoms with van der Waals surface area (Å²) in [4.78, 5) is 14.4. The number of rotatable bonds is 5. The largest absolute Gasteiger partial charge is 0.337 e. The van der Waals surface area contributed by atoms with Crippen molar-refractivity contribution in [2.24, 2.45) is 0 Å². The highest BCUT2D eigenvalue weighted by molar-refractivity contribution is 7.90. The Morgan fingerprint density at radius 3 is 2.05 bits per heavy atom. The van der Waals surface area contributed by atoms with Gasteiger partial charge in [-0.05, 0) is 51.3 Å². The van der Waals surface area contributed by atoms with Gasteiger partial charge in [-0.2, -0.15) is 0 Å². The fourth-order valence-electron chi connectivity index (χ4n) is 2.47. The SMILES string of the molecule is Cc1cccc(C)c1CC(=O)N(CCS(C)(=O)=O)C(C)(C)C. The molecule has 0 aliphatic heterocycles. The van der Waals surface area contributed by atoms with E-state index in [1.54, 1.807) is 4.90 Å². The molecule has 0 radical (unpaired) electrons. The van der Waals surface area contributed by atoms with Crippen molar-refractivity contribution in [1.82, 2.24) is 4.90 Å². The highest BCUT2D eigenvalue weighted by Crippen LogP contribution is 2.19. The van der Waals surface area contributed by atoms with Crippen molar-refractivity contribution in [1.29, 1.82) is 0 Å². The van der Waals surface area contributed by atoms with Crippen LogP contribution >= 0.6 is 0 Å². The molecule has 5 heteroatoms. The molecule has 0 saturated heterocycles. The fraction of sp³-hybridized carbons (Fsp3) is 0.588. The van der Waals surface area contributed by atoms with E-state index in [4.69, 9.17) is 0 Å². The monoisotopic (exact) mass is 325 g/mol. The lowest BCUT2D eigenvalue weighted by molar-refractivity contribution is -0.134. The minimum Gasteiger partial charge on any atom is -0.337 e. The van der Waals surface area contributed by atoms with Crippen molar-refractivity contribution in [3.8, 4) is 0 Å². The van der Waals surface area contributed by atoms with E-state index in [9.17, 15) is 13.2 Å². The normalized spacial score (nSPS) is 12.3. The van der Waals surface area contributed by atoms with Gasteiger partial charge in [0, 0.05) is 18.3 Å². The second-order valence-corrected chi connectivity index (χ2v) is 9.15. The van der Waals surface area contributed by atoms with E-state index >= 15 is 0 Å². The van der Waals surface area contributed by atoms with Gasteiger partial charge in [-0.3, -0.25) is 4.79 Å². The van der Waals surface area contributed by atoms with Gasteiger partial charge in [-0.25, -0.2) is 8.42 Å². The number of hydrogen-bond donors (Lipinski definition) is 0. The van der Waals surface area contributed by atoms with E-state index in [2.05, 4.69) is 0 Å². The quantitative estimate of drug-likeness (QED) is 0.836. The molecular formula is C17H27NO3S. The van der Waals surface area contributed by atoms with Gasteiger partial charge in [0.2, 0.25) is 5.91 Å². The number of benzene rings is 1. The molecule has 0 heterocycles. The molecular weight excluding hydrogens is 298 g/mol. The molecule has 1 aromatic rings. The van der Waals surface area contributed by atoms with Gasteiger partial charge in [-0.1, -0.05) is 18.2 Å². The average molecular weight is 325 g/mol. The number of nitrogens with zero attached hydrogens (tertiary/aromatic N) is 1. The maximum atomic E-state index is 12.7. The van der Waals surface area contributed by atoms with E-state index in [0.717, 1.165) is 16.7 Å². The average Bonchev–Trinajstić information content (AvgIpc) is 2.31. The van der Waals surface area contributed by atoms with Crippen LogP contribution in [0.1, 0.15) is 37.5 Å². The van der Waals surface area contributed by atoms with E-state index < -0.39 is 15.4 Å². The standard InChI is InChI=1S/C17H27NO3S/c1-13-8-7-9-14(2)15(13)12-16(19)18(17(3,4)5)10-11-22(6,20)21/h7-9H,10-12H2,1-6H3. The highest BCUT2D eigenvalue weighted by atomic mass is 32.2. The zero-order valence-corrected chi connectivity index (χ0v) is 15.3. The summed E-state index contributed by atoms with van der Waals surface area (Å²) >= 11 is 0. The van der Waals surface area contributed by atoms with Gasteiger partial charge in [0.15, 0.2) is 0 Å². The zero-order valence-electron chi connectivity index (χ0n) is 14.4. The number of aryl methyl sites for hydroxylation is 2. The molecule has 0 saturated carbocycles. The predicted octanol–water partition coefficient (Wildman–Crippen LogP) is 2.52. The third-order valence-electron chi connectivity index (χ3n) is 3.77. The topological polar surface area (TPSA) is 54.5 Å². The van der Waals surface area contributed by atoms with Crippen molar-refractivity contribution in [2.75, 3.05) is 18.6 Å². The van der Waals surface area contributed by atoms with Gasteiger partial charge in [0.1, 0.15) is 9.84 Å². The van der Waals surface area contributed by atoms with Gasteiger partial charge < -0.3 is 4.90 Å². The Hall–Kier alpha value is -1.36. The van der Waals surface area contributed by atoms with Crippen LogP contribution in [0.4, 0.5) is 0 Å². The molecule has 124 valence electrons. The first-order valence-corrected chi connectivity index (χ1v) is 9.51. The summed E-state index contributed by atoms with van der Waals surface area (Å²) in [6, 6.07) is 5.96. The van der Waals surface area contributed by atoms with Crippen molar-refractivity contribution in [3.05, 3.63) is 34.9 Å². The summed E-state index contributed by atoms with van der Waals surface area (Å²) in [5.41, 5.74) is 2.80. The van der Waals surface area contributed by atoms with Crippen LogP contribution in [0.25, 0.3) is 0 Å². The minimum atomic E-state index is -3.10. The van der Waals surface area contributed by atoms with Crippen LogP contribution in [0.5, 0.6) is 0 Å². The first kappa shape index (κ1) is 18.7. The van der Waals surface area contributed by atoms with Gasteiger partial charge in [0.05, 0.1) is 12.2 Å². The summed E-state index contributed by atoms with van der Waals surface area (Å²) in [5.74, 6) is -0.0449. The Morgan fingerprint density at radius 2 is 1.64 bits per heavy atom. The van der Waals surface area contributed by atoms with Crippen LogP contribution in [0.15, 0.2) is 18.2 Å². The van der Waals surface area contributed by atoms with Crippen LogP contribution in [-0.4, -0.2) is 43.3 Å². The van der Waals surface area contributed by atoms with Crippen molar-refractivity contribution in [2.45, 2.75) is 46.6 Å². The van der Waals surface area contributed by atoms with Crippen LogP contribution in [0.3, 0.4) is 0 Å². The molecule has 0 aliphatic rings. The third-order valence-corrected chi connectivity index (χ3v) is 4.69. The molecule has 0 aromatic heterocycles. The maximum Gasteiger partial charge on any atom is 0.227 e. The van der Waals surface area contributed by atoms with Crippen LogP contribution < -0.4 is 0 Å². The zero-order chi connectivity index (χ0) is 17.1. The lowest BCUT2D eigenvalue weighted by Gasteiger charge is -2.36. The fourth-order valence-corrected chi connectivity index (χ4v) is 2.98. The molecule has 1 aromatic carbocycles. The number of carbonyl (C=O) groups excluding carboxylic acids is 1. The molecule has 0 fully saturated rings. The highest BCUT2D eigenvalue weighted by Gasteiger charge is 2.27. The summed E-state index contributed by atoms with van der Waals surface area (Å²) in [7, 11) is -3.10. The van der Waals surface area contributed by atoms with Crippen LogP contribution in [-0.2, 0) is 21.1 Å². The Morgan fingerprint density at radius 1 is 1.14 bits per heavy atom. The Kier molecular flexibility index (Phi) is 5.79. The molecule has 4 nitrogen and oxygen atoms in total. The van der Waals surface area contributed by atoms with Crippen LogP contribution in [0, 0.1) is 13.8 Å². The van der Waals surface area contributed by atoms with Crippen LogP contribution in [0.2, 0.25) is 0 Å². The Balaban J connectivity index is 2.98. The second kappa shape index (κ2) is 6.82. The lowest BCUT2D eigenvalue weighted by atomic mass is 9.98. The lowest BCUT2D eigenvalue weighted by Crippen LogP contribution is -2.48.